The van der Waals surface area contributed by atoms with Gasteiger partial charge in [-0.25, -0.2) is 27.3 Å². The van der Waals surface area contributed by atoms with Gasteiger partial charge in [-0.2, -0.15) is 0 Å². The average Bonchev–Trinajstić information content (AvgIpc) is 2.86. The molecule has 1 aromatic carbocycles. The molecule has 9 nitrogen and oxygen atoms in total. The summed E-state index contributed by atoms with van der Waals surface area (Å²) < 4.78 is 43.1. The van der Waals surface area contributed by atoms with Crippen LogP contribution in [0.15, 0.2) is 12.1 Å². The first-order valence-electron chi connectivity index (χ1n) is 8.78. The van der Waals surface area contributed by atoms with Crippen molar-refractivity contribution < 1.29 is 37.4 Å². The van der Waals surface area contributed by atoms with Gasteiger partial charge in [-0.15, -0.1) is 0 Å². The molecular formula is C18H17F3N4O5. The highest BCUT2D eigenvalue weighted by molar-refractivity contribution is 6.16. The Morgan fingerprint density at radius 2 is 1.67 bits per heavy atom. The molecule has 0 aliphatic carbocycles. The van der Waals surface area contributed by atoms with Crippen molar-refractivity contribution in [2.45, 2.75) is 26.3 Å². The largest absolute Gasteiger partial charge is 0.711 e. The van der Waals surface area contributed by atoms with Gasteiger partial charge in [0.05, 0.1) is 6.61 Å². The number of imidazole rings is 1. The van der Waals surface area contributed by atoms with E-state index >= 15 is 0 Å². The van der Waals surface area contributed by atoms with Gasteiger partial charge in [0.15, 0.2) is 17.5 Å². The van der Waals surface area contributed by atoms with Crippen LogP contribution in [0.2, 0.25) is 0 Å². The van der Waals surface area contributed by atoms with E-state index in [1.807, 2.05) is 10.6 Å². The number of nitrogens with zero attached hydrogens (tertiary/aromatic N) is 2. The molecule has 4 amide bonds. The Kier molecular flexibility index (Phi) is 5.53. The lowest BCUT2D eigenvalue weighted by atomic mass is 9.82. The Bertz CT molecular complexity index is 1030. The Morgan fingerprint density at radius 3 is 2.17 bits per heavy atom. The van der Waals surface area contributed by atoms with Crippen molar-refractivity contribution in [2.24, 2.45) is 5.92 Å². The second-order valence-electron chi connectivity index (χ2n) is 6.76. The second-order valence-corrected chi connectivity index (χ2v) is 6.76. The Labute approximate surface area is 167 Å². The molecule has 0 unspecified atom stereocenters. The average molecular weight is 426 g/mol. The van der Waals surface area contributed by atoms with Crippen LogP contribution in [0.25, 0.3) is 0 Å². The number of aliphatic hydroxyl groups is 1. The number of amides is 4. The standard InChI is InChI=1S/C18H17F3N4O5/c1-7-8(2)25(30)17(24(7)3-4-26)12(9-5-10(19)14(21)11(20)6-9)13-15(27)22-18(29)23-16(13)28/h5-6,12-13,26H,3-4H2,1-2H3,(H2,22,23,27,28,29)/t12-/m0/s1. The van der Waals surface area contributed by atoms with E-state index in [0.717, 1.165) is 0 Å². The highest BCUT2D eigenvalue weighted by Crippen LogP contribution is 2.35. The molecule has 30 heavy (non-hydrogen) atoms. The molecule has 1 atom stereocenters. The van der Waals surface area contributed by atoms with E-state index in [-0.39, 0.29) is 23.6 Å². The summed E-state index contributed by atoms with van der Waals surface area (Å²) in [6, 6.07) is 0.0479. The third-order valence-electron chi connectivity index (χ3n) is 5.06. The number of imide groups is 2. The number of benzene rings is 1. The lowest BCUT2D eigenvalue weighted by Crippen LogP contribution is -2.58. The molecule has 1 fully saturated rings. The van der Waals surface area contributed by atoms with Crippen LogP contribution in [0.5, 0.6) is 0 Å². The van der Waals surface area contributed by atoms with Gasteiger partial charge in [-0.05, 0) is 17.7 Å². The fraction of sp³-hybridized carbons (Fsp3) is 0.333. The number of barbiturate groups is 1. The molecule has 1 aromatic heterocycles. The monoisotopic (exact) mass is 426 g/mol. The van der Waals surface area contributed by atoms with Gasteiger partial charge in [-0.3, -0.25) is 20.2 Å². The summed E-state index contributed by atoms with van der Waals surface area (Å²) in [5, 5.41) is 26.0. The molecule has 1 aliphatic rings. The Hall–Kier alpha value is -3.41. The van der Waals surface area contributed by atoms with E-state index in [0.29, 0.717) is 22.6 Å². The van der Waals surface area contributed by atoms with Crippen molar-refractivity contribution in [1.82, 2.24) is 15.2 Å². The molecule has 160 valence electrons. The van der Waals surface area contributed by atoms with Gasteiger partial charge in [0, 0.05) is 13.8 Å². The third kappa shape index (κ3) is 3.38. The molecule has 0 spiro atoms. The predicted octanol–water partition coefficient (Wildman–Crippen LogP) is 0.262. The van der Waals surface area contributed by atoms with Gasteiger partial charge in [0.2, 0.25) is 11.8 Å². The number of aliphatic hydroxyl groups excluding tert-OH is 1. The van der Waals surface area contributed by atoms with E-state index in [4.69, 9.17) is 0 Å². The predicted molar refractivity (Wildman–Crippen MR) is 93.3 cm³/mol. The number of hydrogen-bond acceptors (Lipinski definition) is 5. The molecule has 3 N–H and O–H groups in total. The zero-order chi connectivity index (χ0) is 22.3. The van der Waals surface area contributed by atoms with Gasteiger partial charge in [-0.1, -0.05) is 0 Å². The van der Waals surface area contributed by atoms with Crippen molar-refractivity contribution in [3.63, 3.8) is 0 Å². The summed E-state index contributed by atoms with van der Waals surface area (Å²) in [7, 11) is 0. The van der Waals surface area contributed by atoms with Crippen LogP contribution in [0.4, 0.5) is 18.0 Å². The van der Waals surface area contributed by atoms with E-state index in [1.54, 1.807) is 0 Å². The fourth-order valence-electron chi connectivity index (χ4n) is 3.55. The maximum atomic E-state index is 14.0. The molecule has 1 saturated heterocycles. The van der Waals surface area contributed by atoms with E-state index in [2.05, 4.69) is 0 Å². The maximum Gasteiger partial charge on any atom is 0.328 e. The summed E-state index contributed by atoms with van der Waals surface area (Å²) in [5.74, 6) is -10.8. The zero-order valence-corrected chi connectivity index (χ0v) is 15.8. The van der Waals surface area contributed by atoms with Crippen LogP contribution < -0.4 is 15.4 Å². The minimum atomic E-state index is -1.78. The number of halogens is 3. The highest BCUT2D eigenvalue weighted by atomic mass is 19.2. The molecular weight excluding hydrogens is 409 g/mol. The Morgan fingerprint density at radius 1 is 1.13 bits per heavy atom. The molecule has 3 rings (SSSR count). The van der Waals surface area contributed by atoms with Crippen molar-refractivity contribution in [1.29, 1.82) is 0 Å². The Balaban J connectivity index is 2.32. The first kappa shape index (κ1) is 21.3. The lowest BCUT2D eigenvalue weighted by molar-refractivity contribution is -0.621. The van der Waals surface area contributed by atoms with Crippen molar-refractivity contribution in [3.05, 3.63) is 57.6 Å². The number of aromatic nitrogens is 2. The quantitative estimate of drug-likeness (QED) is 0.274. The third-order valence-corrected chi connectivity index (χ3v) is 5.06. The molecule has 0 bridgehead atoms. The highest BCUT2D eigenvalue weighted by Gasteiger charge is 2.47. The fourth-order valence-corrected chi connectivity index (χ4v) is 3.55. The second kappa shape index (κ2) is 7.78. The SMILES string of the molecule is Cc1c(C)[n+]([O-])c([C@@H](c2cc(F)c(F)c(F)c2)C2C(=O)NC(=O)NC2=O)n1CCO. The normalized spacial score (nSPS) is 15.9. The van der Waals surface area contributed by atoms with Gasteiger partial charge in [0.1, 0.15) is 29.8 Å². The van der Waals surface area contributed by atoms with Gasteiger partial charge < -0.3 is 10.3 Å². The first-order chi connectivity index (χ1) is 14.1. The first-order valence-corrected chi connectivity index (χ1v) is 8.78. The van der Waals surface area contributed by atoms with Gasteiger partial charge >= 0.3 is 6.03 Å². The minimum Gasteiger partial charge on any atom is -0.711 e. The molecule has 2 aromatic rings. The van der Waals surface area contributed by atoms with Crippen LogP contribution >= 0.6 is 0 Å². The molecule has 0 saturated carbocycles. The molecule has 1 aliphatic heterocycles. The van der Waals surface area contributed by atoms with Crippen molar-refractivity contribution >= 4 is 17.8 Å². The lowest BCUT2D eigenvalue weighted by Gasteiger charge is -2.27. The summed E-state index contributed by atoms with van der Waals surface area (Å²) >= 11 is 0. The summed E-state index contributed by atoms with van der Waals surface area (Å²) in [6.07, 6.45) is 0. The van der Waals surface area contributed by atoms with E-state index < -0.39 is 53.7 Å². The topological polar surface area (TPSA) is 127 Å². The number of urea groups is 1. The zero-order valence-electron chi connectivity index (χ0n) is 15.8. The maximum absolute atomic E-state index is 14.0. The molecule has 0 radical (unpaired) electrons. The number of rotatable bonds is 5. The van der Waals surface area contributed by atoms with E-state index in [1.165, 1.54) is 18.4 Å². The van der Waals surface area contributed by atoms with Crippen molar-refractivity contribution in [2.75, 3.05) is 6.61 Å². The van der Waals surface area contributed by atoms with Gasteiger partial charge in [0.25, 0.3) is 5.82 Å². The molecule has 2 heterocycles. The summed E-state index contributed by atoms with van der Waals surface area (Å²) in [5.41, 5.74) is 0.145. The van der Waals surface area contributed by atoms with Crippen LogP contribution in [0.1, 0.15) is 28.7 Å². The summed E-state index contributed by atoms with van der Waals surface area (Å²) in [4.78, 5) is 36.4. The number of carbonyl (C=O) groups is 3. The van der Waals surface area contributed by atoms with Crippen LogP contribution in [-0.2, 0) is 16.1 Å². The summed E-state index contributed by atoms with van der Waals surface area (Å²) in [6.45, 7) is 2.42. The van der Waals surface area contributed by atoms with Crippen LogP contribution in [0, 0.1) is 42.4 Å². The smallest absolute Gasteiger partial charge is 0.328 e. The van der Waals surface area contributed by atoms with Crippen LogP contribution in [-0.4, -0.2) is 34.1 Å². The molecule has 12 heteroatoms. The van der Waals surface area contributed by atoms with Crippen molar-refractivity contribution in [3.8, 4) is 0 Å². The van der Waals surface area contributed by atoms with E-state index in [9.17, 15) is 37.9 Å². The number of nitrogens with one attached hydrogen (secondary N) is 2. The number of carbonyl (C=O) groups excluding carboxylic acids is 3. The minimum absolute atomic E-state index is 0.130. The number of hydrogen-bond donors (Lipinski definition) is 3. The van der Waals surface area contributed by atoms with Crippen LogP contribution in [0.3, 0.4) is 0 Å².